The van der Waals surface area contributed by atoms with E-state index in [0.29, 0.717) is 28.1 Å². The minimum atomic E-state index is -0.443. The third kappa shape index (κ3) is 2.84. The molecule has 0 fully saturated rings. The first-order chi connectivity index (χ1) is 12.6. The summed E-state index contributed by atoms with van der Waals surface area (Å²) in [6.07, 6.45) is 1.32. The average Bonchev–Trinajstić information content (AvgIpc) is 2.68. The predicted octanol–water partition coefficient (Wildman–Crippen LogP) is 4.32. The minimum absolute atomic E-state index is 0.00845. The lowest BCUT2D eigenvalue weighted by Crippen LogP contribution is -1.98. The molecule has 0 spiro atoms. The number of fused-ring (bicyclic) bond motifs is 1. The van der Waals surface area contributed by atoms with E-state index in [1.54, 1.807) is 12.1 Å². The molecule has 4 aromatic rings. The van der Waals surface area contributed by atoms with Crippen molar-refractivity contribution >= 4 is 28.5 Å². The lowest BCUT2D eigenvalue weighted by Gasteiger charge is -2.10. The van der Waals surface area contributed by atoms with Gasteiger partial charge in [-0.2, -0.15) is 0 Å². The number of aromatic nitrogens is 4. The quantitative estimate of drug-likeness (QED) is 0.305. The highest BCUT2D eigenvalue weighted by Gasteiger charge is 2.16. The fraction of sp³-hybridized carbons (Fsp3) is 0. The Labute approximate surface area is 152 Å². The van der Waals surface area contributed by atoms with E-state index >= 15 is 0 Å². The smallest absolute Gasteiger partial charge is 0.258 e. The number of non-ortho nitro benzene ring substituents is 1. The zero-order valence-corrected chi connectivity index (χ0v) is 14.0. The molecule has 0 amide bonds. The number of halogens is 1. The van der Waals surface area contributed by atoms with Crippen LogP contribution >= 0.6 is 11.6 Å². The van der Waals surface area contributed by atoms with Crippen LogP contribution in [-0.2, 0) is 0 Å². The summed E-state index contributed by atoms with van der Waals surface area (Å²) in [6.45, 7) is 0. The van der Waals surface area contributed by atoms with Crippen molar-refractivity contribution in [2.24, 2.45) is 0 Å². The predicted molar refractivity (Wildman–Crippen MR) is 97.7 cm³/mol. The second kappa shape index (κ2) is 6.45. The molecule has 0 N–H and O–H groups in total. The lowest BCUT2D eigenvalue weighted by atomic mass is 10.0. The molecule has 2 aromatic carbocycles. The van der Waals surface area contributed by atoms with Crippen LogP contribution in [0.3, 0.4) is 0 Å². The summed E-state index contributed by atoms with van der Waals surface area (Å²) >= 11 is 6.14. The van der Waals surface area contributed by atoms with Gasteiger partial charge in [-0.3, -0.25) is 10.1 Å². The number of rotatable bonds is 3. The molecule has 0 atom stereocenters. The van der Waals surface area contributed by atoms with Gasteiger partial charge in [-0.25, -0.2) is 19.9 Å². The molecule has 2 heterocycles. The maximum atomic E-state index is 10.9. The van der Waals surface area contributed by atoms with Crippen LogP contribution in [-0.4, -0.2) is 24.9 Å². The fourth-order valence-corrected chi connectivity index (χ4v) is 2.76. The van der Waals surface area contributed by atoms with Gasteiger partial charge < -0.3 is 0 Å². The highest BCUT2D eigenvalue weighted by molar-refractivity contribution is 6.33. The molecule has 0 unspecified atom stereocenters. The first kappa shape index (κ1) is 16.0. The standard InChI is InChI=1S/C18H10ClN5O2/c19-17-16-18(21-10-20-17)23-15(12-6-8-13(9-7-12)24(25)26)14(22-16)11-4-2-1-3-5-11/h1-10H. The summed E-state index contributed by atoms with van der Waals surface area (Å²) in [5.74, 6) is 0. The highest BCUT2D eigenvalue weighted by Crippen LogP contribution is 2.32. The van der Waals surface area contributed by atoms with Crippen LogP contribution in [0.5, 0.6) is 0 Å². The first-order valence-electron chi connectivity index (χ1n) is 7.62. The molecule has 0 aliphatic heterocycles. The first-order valence-corrected chi connectivity index (χ1v) is 8.00. The second-order valence-electron chi connectivity index (χ2n) is 5.43. The van der Waals surface area contributed by atoms with Gasteiger partial charge in [-0.1, -0.05) is 41.9 Å². The third-order valence-electron chi connectivity index (χ3n) is 3.82. The third-order valence-corrected chi connectivity index (χ3v) is 4.10. The zero-order valence-electron chi connectivity index (χ0n) is 13.2. The number of nitro benzene ring substituents is 1. The summed E-state index contributed by atoms with van der Waals surface area (Å²) in [5.41, 5.74) is 3.47. The van der Waals surface area contributed by atoms with Crippen LogP contribution in [0.15, 0.2) is 60.9 Å². The van der Waals surface area contributed by atoms with E-state index in [1.807, 2.05) is 30.3 Å². The average molecular weight is 364 g/mol. The number of hydrogen-bond acceptors (Lipinski definition) is 6. The molecule has 8 heteroatoms. The molecule has 126 valence electrons. The molecular formula is C18H10ClN5O2. The van der Waals surface area contributed by atoms with Gasteiger partial charge in [0, 0.05) is 23.3 Å². The molecular weight excluding hydrogens is 354 g/mol. The van der Waals surface area contributed by atoms with Crippen LogP contribution in [0.2, 0.25) is 5.15 Å². The van der Waals surface area contributed by atoms with Crippen molar-refractivity contribution in [2.75, 3.05) is 0 Å². The minimum Gasteiger partial charge on any atom is -0.258 e. The van der Waals surface area contributed by atoms with Gasteiger partial charge in [-0.15, -0.1) is 0 Å². The van der Waals surface area contributed by atoms with Gasteiger partial charge in [0.05, 0.1) is 16.3 Å². The summed E-state index contributed by atoms with van der Waals surface area (Å²) in [5, 5.41) is 11.1. The zero-order chi connectivity index (χ0) is 18.1. The Kier molecular flexibility index (Phi) is 3.98. The number of nitro groups is 1. The van der Waals surface area contributed by atoms with E-state index in [1.165, 1.54) is 18.5 Å². The van der Waals surface area contributed by atoms with Gasteiger partial charge in [0.25, 0.3) is 5.69 Å². The largest absolute Gasteiger partial charge is 0.269 e. The van der Waals surface area contributed by atoms with Gasteiger partial charge in [0.2, 0.25) is 0 Å². The Balaban J connectivity index is 1.99. The number of benzene rings is 2. The van der Waals surface area contributed by atoms with Crippen molar-refractivity contribution in [2.45, 2.75) is 0 Å². The normalized spacial score (nSPS) is 10.8. The van der Waals surface area contributed by atoms with Crippen molar-refractivity contribution in [1.82, 2.24) is 19.9 Å². The maximum Gasteiger partial charge on any atom is 0.269 e. The van der Waals surface area contributed by atoms with E-state index in [4.69, 9.17) is 11.6 Å². The molecule has 0 aliphatic carbocycles. The van der Waals surface area contributed by atoms with Crippen LogP contribution in [0.25, 0.3) is 33.7 Å². The Morgan fingerprint density at radius 3 is 2.19 bits per heavy atom. The van der Waals surface area contributed by atoms with Gasteiger partial charge >= 0.3 is 0 Å². The van der Waals surface area contributed by atoms with Gasteiger partial charge in [0.15, 0.2) is 10.8 Å². The van der Waals surface area contributed by atoms with Gasteiger partial charge in [-0.05, 0) is 12.1 Å². The van der Waals surface area contributed by atoms with Gasteiger partial charge in [0.1, 0.15) is 11.8 Å². The van der Waals surface area contributed by atoms with Crippen LogP contribution in [0, 0.1) is 10.1 Å². The van der Waals surface area contributed by atoms with Crippen LogP contribution in [0.4, 0.5) is 5.69 Å². The summed E-state index contributed by atoms with van der Waals surface area (Å²) < 4.78 is 0. The summed E-state index contributed by atoms with van der Waals surface area (Å²) in [7, 11) is 0. The molecule has 0 saturated carbocycles. The van der Waals surface area contributed by atoms with E-state index in [2.05, 4.69) is 19.9 Å². The topological polar surface area (TPSA) is 94.7 Å². The molecule has 7 nitrogen and oxygen atoms in total. The molecule has 0 aliphatic rings. The fourth-order valence-electron chi connectivity index (χ4n) is 2.59. The number of nitrogens with zero attached hydrogens (tertiary/aromatic N) is 5. The molecule has 2 aromatic heterocycles. The maximum absolute atomic E-state index is 10.9. The van der Waals surface area contributed by atoms with E-state index < -0.39 is 4.92 Å². The summed E-state index contributed by atoms with van der Waals surface area (Å²) in [4.78, 5) is 27.8. The van der Waals surface area contributed by atoms with Crippen molar-refractivity contribution < 1.29 is 4.92 Å². The monoisotopic (exact) mass is 363 g/mol. The SMILES string of the molecule is O=[N+]([O-])c1ccc(-c2nc3ncnc(Cl)c3nc2-c2ccccc2)cc1. The number of hydrogen-bond donors (Lipinski definition) is 0. The molecule has 26 heavy (non-hydrogen) atoms. The second-order valence-corrected chi connectivity index (χ2v) is 5.79. The Hall–Kier alpha value is -3.45. The van der Waals surface area contributed by atoms with E-state index in [9.17, 15) is 10.1 Å². The van der Waals surface area contributed by atoms with Crippen LogP contribution < -0.4 is 0 Å². The highest BCUT2D eigenvalue weighted by atomic mass is 35.5. The Morgan fingerprint density at radius 1 is 0.846 bits per heavy atom. The Morgan fingerprint density at radius 2 is 1.50 bits per heavy atom. The van der Waals surface area contributed by atoms with Crippen molar-refractivity contribution in [1.29, 1.82) is 0 Å². The Bertz CT molecular complexity index is 1120. The van der Waals surface area contributed by atoms with E-state index in [-0.39, 0.29) is 10.8 Å². The summed E-state index contributed by atoms with van der Waals surface area (Å²) in [6, 6.07) is 15.6. The van der Waals surface area contributed by atoms with E-state index in [0.717, 1.165) is 5.56 Å². The molecule has 0 radical (unpaired) electrons. The molecule has 0 saturated heterocycles. The molecule has 0 bridgehead atoms. The van der Waals surface area contributed by atoms with Crippen molar-refractivity contribution in [3.8, 4) is 22.5 Å². The van der Waals surface area contributed by atoms with Crippen molar-refractivity contribution in [3.63, 3.8) is 0 Å². The molecule has 4 rings (SSSR count). The lowest BCUT2D eigenvalue weighted by molar-refractivity contribution is -0.384. The van der Waals surface area contributed by atoms with Crippen LogP contribution in [0.1, 0.15) is 0 Å². The van der Waals surface area contributed by atoms with Crippen molar-refractivity contribution in [3.05, 3.63) is 76.2 Å².